The van der Waals surface area contributed by atoms with Crippen LogP contribution in [0, 0.1) is 0 Å². The lowest BCUT2D eigenvalue weighted by atomic mass is 10.0. The number of fused-ring (bicyclic) bond motifs is 1. The molecular weight excluding hydrogens is 356 g/mol. The molecule has 1 N–H and O–H groups in total. The Morgan fingerprint density at radius 3 is 3.11 bits per heavy atom. The molecule has 1 aliphatic heterocycles. The Balaban J connectivity index is 1.44. The molecule has 0 bridgehead atoms. The molecule has 3 aromatic rings. The summed E-state index contributed by atoms with van der Waals surface area (Å²) >= 11 is 0. The van der Waals surface area contributed by atoms with Gasteiger partial charge in [-0.25, -0.2) is 9.67 Å². The van der Waals surface area contributed by atoms with E-state index in [2.05, 4.69) is 40.4 Å². The van der Waals surface area contributed by atoms with Crippen molar-refractivity contribution in [1.29, 1.82) is 0 Å². The monoisotopic (exact) mass is 382 g/mol. The van der Waals surface area contributed by atoms with E-state index in [1.54, 1.807) is 12.3 Å². The van der Waals surface area contributed by atoms with Crippen LogP contribution >= 0.6 is 0 Å². The van der Waals surface area contributed by atoms with Gasteiger partial charge in [-0.3, -0.25) is 4.79 Å². The van der Waals surface area contributed by atoms with Gasteiger partial charge in [0.2, 0.25) is 0 Å². The van der Waals surface area contributed by atoms with Crippen LogP contribution < -0.4 is 5.32 Å². The topological polar surface area (TPSA) is 89.1 Å². The average molecular weight is 382 g/mol. The molecule has 1 fully saturated rings. The normalized spacial score (nSPS) is 17.4. The highest BCUT2D eigenvalue weighted by atomic mass is 16.5. The number of nitrogens with one attached hydrogen (secondary N) is 1. The second kappa shape index (κ2) is 8.10. The molecule has 8 nitrogen and oxygen atoms in total. The summed E-state index contributed by atoms with van der Waals surface area (Å²) in [6, 6.07) is 5.75. The number of aryl methyl sites for hydroxylation is 1. The molecule has 1 saturated heterocycles. The maximum Gasteiger partial charge on any atom is 0.273 e. The molecule has 148 valence electrons. The SMILES string of the molecule is CCCc1cc(C(=O)NCCn2nc(C3CCN(C)C3)c3cccnc32)no1. The van der Waals surface area contributed by atoms with Gasteiger partial charge in [-0.2, -0.15) is 5.10 Å². The first-order valence-corrected chi connectivity index (χ1v) is 9.89. The number of carbonyl (C=O) groups is 1. The predicted octanol–water partition coefficient (Wildman–Crippen LogP) is 2.22. The van der Waals surface area contributed by atoms with Gasteiger partial charge in [-0.1, -0.05) is 12.1 Å². The average Bonchev–Trinajstić information content (AvgIpc) is 3.41. The fourth-order valence-electron chi connectivity index (χ4n) is 3.80. The van der Waals surface area contributed by atoms with Crippen molar-refractivity contribution in [3.05, 3.63) is 41.5 Å². The van der Waals surface area contributed by atoms with Crippen LogP contribution in [0.4, 0.5) is 0 Å². The van der Waals surface area contributed by atoms with Crippen LogP contribution in [-0.2, 0) is 13.0 Å². The summed E-state index contributed by atoms with van der Waals surface area (Å²) in [6.45, 7) is 5.17. The molecule has 28 heavy (non-hydrogen) atoms. The minimum atomic E-state index is -0.229. The Hall–Kier alpha value is -2.74. The van der Waals surface area contributed by atoms with E-state index in [0.29, 0.717) is 24.7 Å². The Bertz CT molecular complexity index is 963. The van der Waals surface area contributed by atoms with Crippen LogP contribution in [-0.4, -0.2) is 57.4 Å². The van der Waals surface area contributed by atoms with Crippen molar-refractivity contribution in [2.24, 2.45) is 0 Å². The lowest BCUT2D eigenvalue weighted by Gasteiger charge is -2.08. The smallest absolute Gasteiger partial charge is 0.273 e. The predicted molar refractivity (Wildman–Crippen MR) is 105 cm³/mol. The molecule has 0 saturated carbocycles. The van der Waals surface area contributed by atoms with E-state index in [1.165, 1.54) is 0 Å². The van der Waals surface area contributed by atoms with Crippen molar-refractivity contribution in [2.45, 2.75) is 38.6 Å². The van der Waals surface area contributed by atoms with Crippen molar-refractivity contribution in [3.8, 4) is 0 Å². The van der Waals surface area contributed by atoms with E-state index >= 15 is 0 Å². The third-order valence-corrected chi connectivity index (χ3v) is 5.21. The summed E-state index contributed by atoms with van der Waals surface area (Å²) in [5.41, 5.74) is 2.30. The molecule has 1 atom stereocenters. The zero-order chi connectivity index (χ0) is 19.5. The van der Waals surface area contributed by atoms with E-state index < -0.39 is 0 Å². The van der Waals surface area contributed by atoms with E-state index in [4.69, 9.17) is 9.62 Å². The van der Waals surface area contributed by atoms with Gasteiger partial charge in [0.25, 0.3) is 5.91 Å². The molecule has 4 rings (SSSR count). The number of amides is 1. The number of rotatable bonds is 7. The summed E-state index contributed by atoms with van der Waals surface area (Å²) < 4.78 is 7.07. The maximum absolute atomic E-state index is 12.3. The number of nitrogens with zero attached hydrogens (tertiary/aromatic N) is 5. The zero-order valence-corrected chi connectivity index (χ0v) is 16.4. The number of aromatic nitrogens is 4. The minimum Gasteiger partial charge on any atom is -0.361 e. The van der Waals surface area contributed by atoms with Crippen LogP contribution in [0.2, 0.25) is 0 Å². The minimum absolute atomic E-state index is 0.229. The van der Waals surface area contributed by atoms with Crippen molar-refractivity contribution in [2.75, 3.05) is 26.7 Å². The van der Waals surface area contributed by atoms with E-state index in [9.17, 15) is 4.79 Å². The maximum atomic E-state index is 12.3. The fourth-order valence-corrected chi connectivity index (χ4v) is 3.80. The Labute approximate surface area is 163 Å². The van der Waals surface area contributed by atoms with Crippen molar-refractivity contribution >= 4 is 16.9 Å². The first-order chi connectivity index (χ1) is 13.7. The van der Waals surface area contributed by atoms with E-state index in [0.717, 1.165) is 54.8 Å². The van der Waals surface area contributed by atoms with Crippen LogP contribution in [0.3, 0.4) is 0 Å². The molecule has 0 spiro atoms. The Kier molecular flexibility index (Phi) is 5.38. The van der Waals surface area contributed by atoms with Gasteiger partial charge in [0.15, 0.2) is 11.3 Å². The number of carbonyl (C=O) groups excluding carboxylic acids is 1. The second-order valence-corrected chi connectivity index (χ2v) is 7.42. The lowest BCUT2D eigenvalue weighted by Crippen LogP contribution is -2.27. The van der Waals surface area contributed by atoms with Crippen LogP contribution in [0.25, 0.3) is 11.0 Å². The molecule has 0 aliphatic carbocycles. The third kappa shape index (κ3) is 3.77. The molecule has 8 heteroatoms. The summed E-state index contributed by atoms with van der Waals surface area (Å²) in [5.74, 6) is 0.939. The molecule has 1 unspecified atom stereocenters. The summed E-state index contributed by atoms with van der Waals surface area (Å²) in [7, 11) is 2.14. The van der Waals surface area contributed by atoms with Crippen LogP contribution in [0.5, 0.6) is 0 Å². The van der Waals surface area contributed by atoms with Gasteiger partial charge in [-0.05, 0) is 38.6 Å². The van der Waals surface area contributed by atoms with E-state index in [1.807, 2.05) is 10.7 Å². The zero-order valence-electron chi connectivity index (χ0n) is 16.4. The van der Waals surface area contributed by atoms with Gasteiger partial charge in [0.1, 0.15) is 5.76 Å². The molecule has 0 radical (unpaired) electrons. The number of hydrogen-bond acceptors (Lipinski definition) is 6. The van der Waals surface area contributed by atoms with Crippen molar-refractivity contribution in [3.63, 3.8) is 0 Å². The highest BCUT2D eigenvalue weighted by molar-refractivity contribution is 5.92. The number of pyridine rings is 1. The molecule has 1 amide bonds. The van der Waals surface area contributed by atoms with Crippen LogP contribution in [0.15, 0.2) is 28.9 Å². The first kappa shape index (κ1) is 18.6. The highest BCUT2D eigenvalue weighted by Crippen LogP contribution is 2.30. The Morgan fingerprint density at radius 2 is 2.32 bits per heavy atom. The first-order valence-electron chi connectivity index (χ1n) is 9.89. The van der Waals surface area contributed by atoms with E-state index in [-0.39, 0.29) is 5.91 Å². The summed E-state index contributed by atoms with van der Waals surface area (Å²) in [4.78, 5) is 19.1. The van der Waals surface area contributed by atoms with Gasteiger partial charge < -0.3 is 14.7 Å². The van der Waals surface area contributed by atoms with Crippen molar-refractivity contribution < 1.29 is 9.32 Å². The molecule has 4 heterocycles. The molecule has 1 aliphatic rings. The lowest BCUT2D eigenvalue weighted by molar-refractivity contribution is 0.0943. The summed E-state index contributed by atoms with van der Waals surface area (Å²) in [5, 5.41) is 12.7. The number of hydrogen-bond donors (Lipinski definition) is 1. The summed E-state index contributed by atoms with van der Waals surface area (Å²) in [6.07, 6.45) is 4.63. The largest absolute Gasteiger partial charge is 0.361 e. The molecule has 0 aromatic carbocycles. The standard InChI is InChI=1S/C20H26N6O2/c1-3-5-15-12-17(24-28-15)20(27)22-9-11-26-19-16(6-4-8-21-19)18(23-26)14-7-10-25(2)13-14/h4,6,8,12,14H,3,5,7,9-11,13H2,1-2H3,(H,22,27). The molecule has 3 aromatic heterocycles. The number of likely N-dealkylation sites (N-methyl/N-ethyl adjacent to an activating group) is 1. The van der Waals surface area contributed by atoms with Crippen molar-refractivity contribution in [1.82, 2.24) is 30.1 Å². The Morgan fingerprint density at radius 1 is 1.43 bits per heavy atom. The highest BCUT2D eigenvalue weighted by Gasteiger charge is 2.26. The van der Waals surface area contributed by atoms with Gasteiger partial charge >= 0.3 is 0 Å². The van der Waals surface area contributed by atoms with Gasteiger partial charge in [0, 0.05) is 43.1 Å². The second-order valence-electron chi connectivity index (χ2n) is 7.42. The van der Waals surface area contributed by atoms with Crippen LogP contribution in [0.1, 0.15) is 47.6 Å². The fraction of sp³-hybridized carbons (Fsp3) is 0.500. The quantitative estimate of drug-likeness (QED) is 0.674. The molecular formula is C20H26N6O2. The van der Waals surface area contributed by atoms with Gasteiger partial charge in [0.05, 0.1) is 12.2 Å². The van der Waals surface area contributed by atoms with Gasteiger partial charge in [-0.15, -0.1) is 0 Å². The number of likely N-dealkylation sites (tertiary alicyclic amines) is 1. The third-order valence-electron chi connectivity index (χ3n) is 5.21.